The predicted octanol–water partition coefficient (Wildman–Crippen LogP) is 1.36. The number of methoxy groups -OCH3 is 1. The van der Waals surface area contributed by atoms with E-state index in [0.717, 1.165) is 16.7 Å². The maximum absolute atomic E-state index is 11.7. The van der Waals surface area contributed by atoms with Gasteiger partial charge in [-0.05, 0) is 18.2 Å². The maximum atomic E-state index is 11.7. The van der Waals surface area contributed by atoms with Gasteiger partial charge >= 0.3 is 6.03 Å². The summed E-state index contributed by atoms with van der Waals surface area (Å²) >= 11 is 0. The molecule has 1 heterocycles. The van der Waals surface area contributed by atoms with Crippen LogP contribution in [0.4, 0.5) is 4.79 Å². The molecule has 0 saturated heterocycles. The zero-order chi connectivity index (χ0) is 17.5. The van der Waals surface area contributed by atoms with E-state index in [1.165, 1.54) is 0 Å². The molecule has 1 amide bonds. The Morgan fingerprint density at radius 3 is 2.52 bits per heavy atom. The third-order valence-electron chi connectivity index (χ3n) is 2.65. The molecule has 0 atom stereocenters. The Kier molecular flexibility index (Phi) is 7.01. The van der Waals surface area contributed by atoms with E-state index in [2.05, 4.69) is 5.32 Å². The predicted molar refractivity (Wildman–Crippen MR) is 86.6 cm³/mol. The van der Waals surface area contributed by atoms with Gasteiger partial charge in [0.05, 0.1) is 18.4 Å². The molecule has 0 aliphatic carbocycles. The highest BCUT2D eigenvalue weighted by Gasteiger charge is 2.07. The fourth-order valence-corrected chi connectivity index (χ4v) is 1.74. The number of carbonyl (C=O) groups excluding carboxylic acids is 1. The summed E-state index contributed by atoms with van der Waals surface area (Å²) in [5, 5.41) is 3.59. The molecule has 128 valence electrons. The number of hydrogen-bond acceptors (Lipinski definition) is 5. The van der Waals surface area contributed by atoms with Crippen LogP contribution in [0.1, 0.15) is 0 Å². The van der Waals surface area contributed by atoms with Crippen molar-refractivity contribution in [2.24, 2.45) is 0 Å². The van der Waals surface area contributed by atoms with Crippen molar-refractivity contribution in [3.05, 3.63) is 30.5 Å². The Morgan fingerprint density at radius 2 is 1.96 bits per heavy atom. The van der Waals surface area contributed by atoms with E-state index in [1.54, 1.807) is 24.9 Å². The number of nitrogens with zero attached hydrogens (tertiary/aromatic N) is 1. The number of aromatic nitrogens is 1. The quantitative estimate of drug-likeness (QED) is 0.640. The Labute approximate surface area is 134 Å². The van der Waals surface area contributed by atoms with Crippen LogP contribution in [-0.2, 0) is 14.9 Å². The molecule has 2 rings (SSSR count). The van der Waals surface area contributed by atoms with E-state index < -0.39 is 10.1 Å². The molecular weight excluding hydrogens is 324 g/mol. The summed E-state index contributed by atoms with van der Waals surface area (Å²) in [5.41, 5.74) is 0.823. The number of fused-ring (bicyclic) bond motifs is 1. The number of hydrogen-bond donors (Lipinski definition) is 2. The topological polar surface area (TPSA) is 107 Å². The van der Waals surface area contributed by atoms with Crippen molar-refractivity contribution in [1.82, 2.24) is 9.88 Å². The number of ether oxygens (including phenoxy) is 2. The van der Waals surface area contributed by atoms with Crippen molar-refractivity contribution in [2.45, 2.75) is 0 Å². The Balaban J connectivity index is 0.000000463. The molecule has 8 nitrogen and oxygen atoms in total. The second kappa shape index (κ2) is 8.51. The van der Waals surface area contributed by atoms with Crippen molar-refractivity contribution >= 4 is 27.1 Å². The number of amides is 1. The summed E-state index contributed by atoms with van der Waals surface area (Å²) in [7, 11) is -0.434. The lowest BCUT2D eigenvalue weighted by atomic mass is 10.2. The molecule has 1 aromatic heterocycles. The third kappa shape index (κ3) is 6.68. The van der Waals surface area contributed by atoms with Crippen LogP contribution in [0.15, 0.2) is 30.5 Å². The minimum atomic E-state index is -3.67. The van der Waals surface area contributed by atoms with E-state index >= 15 is 0 Å². The van der Waals surface area contributed by atoms with E-state index in [0.29, 0.717) is 19.5 Å². The van der Waals surface area contributed by atoms with Crippen LogP contribution >= 0.6 is 0 Å². The van der Waals surface area contributed by atoms with Crippen LogP contribution in [0.25, 0.3) is 10.9 Å². The smallest absolute Gasteiger partial charge is 0.325 e. The lowest BCUT2D eigenvalue weighted by Gasteiger charge is -2.07. The van der Waals surface area contributed by atoms with Crippen molar-refractivity contribution in [3.8, 4) is 5.75 Å². The number of carbonyl (C=O) groups is 1. The molecule has 0 spiro atoms. The molecule has 2 N–H and O–H groups in total. The minimum absolute atomic E-state index is 0.168. The second-order valence-electron chi connectivity index (χ2n) is 4.54. The minimum Gasteiger partial charge on any atom is -0.491 e. The van der Waals surface area contributed by atoms with Gasteiger partial charge in [-0.15, -0.1) is 0 Å². The molecule has 0 fully saturated rings. The zero-order valence-corrected chi connectivity index (χ0v) is 14.0. The average Bonchev–Trinajstić information content (AvgIpc) is 2.88. The van der Waals surface area contributed by atoms with Gasteiger partial charge in [-0.1, -0.05) is 0 Å². The average molecular weight is 344 g/mol. The fourth-order valence-electron chi connectivity index (χ4n) is 1.74. The van der Waals surface area contributed by atoms with Gasteiger partial charge in [-0.3, -0.25) is 9.12 Å². The molecule has 23 heavy (non-hydrogen) atoms. The molecule has 0 unspecified atom stereocenters. The fraction of sp³-hybridized carbons (Fsp3) is 0.357. The maximum Gasteiger partial charge on any atom is 0.325 e. The Morgan fingerprint density at radius 1 is 1.30 bits per heavy atom. The zero-order valence-electron chi connectivity index (χ0n) is 13.1. The van der Waals surface area contributed by atoms with Crippen LogP contribution in [0.2, 0.25) is 0 Å². The van der Waals surface area contributed by atoms with Gasteiger partial charge in [0.2, 0.25) is 0 Å². The third-order valence-corrected chi connectivity index (χ3v) is 2.65. The lowest BCUT2D eigenvalue weighted by molar-refractivity contribution is 0.146. The lowest BCUT2D eigenvalue weighted by Crippen LogP contribution is -2.23. The van der Waals surface area contributed by atoms with Gasteiger partial charge in [0, 0.05) is 31.8 Å². The molecule has 0 aliphatic heterocycles. The summed E-state index contributed by atoms with van der Waals surface area (Å²) < 4.78 is 37.9. The monoisotopic (exact) mass is 344 g/mol. The molecule has 0 aliphatic rings. The summed E-state index contributed by atoms with van der Waals surface area (Å²) in [5.74, 6) is 0.725. The van der Waals surface area contributed by atoms with Crippen molar-refractivity contribution < 1.29 is 27.2 Å². The summed E-state index contributed by atoms with van der Waals surface area (Å²) in [6.07, 6.45) is 2.45. The van der Waals surface area contributed by atoms with Gasteiger partial charge in [0.1, 0.15) is 12.4 Å². The Bertz CT molecular complexity index is 746. The first kappa shape index (κ1) is 18.9. The molecule has 1 aromatic carbocycles. The molecule has 2 aromatic rings. The van der Waals surface area contributed by atoms with Crippen molar-refractivity contribution in [2.75, 3.05) is 33.6 Å². The first-order valence-electron chi connectivity index (χ1n) is 6.63. The molecule has 0 radical (unpaired) electrons. The summed E-state index contributed by atoms with van der Waals surface area (Å²) in [6, 6.07) is 7.38. The van der Waals surface area contributed by atoms with Crippen LogP contribution in [-0.4, -0.2) is 57.2 Å². The number of nitrogens with one attached hydrogen (secondary N) is 1. The summed E-state index contributed by atoms with van der Waals surface area (Å²) in [4.78, 5) is 11.7. The van der Waals surface area contributed by atoms with E-state index in [-0.39, 0.29) is 6.03 Å². The van der Waals surface area contributed by atoms with Gasteiger partial charge < -0.3 is 14.8 Å². The van der Waals surface area contributed by atoms with Crippen molar-refractivity contribution in [3.63, 3.8) is 0 Å². The largest absolute Gasteiger partial charge is 0.491 e. The highest BCUT2D eigenvalue weighted by Crippen LogP contribution is 2.21. The standard InChI is InChI=1S/C13H16N2O3.CH4O3S/c1-14-13(16)15-6-5-10-3-4-11(9-12(10)15)18-8-7-17-2;1-5(2,3)4/h3-6,9H,7-8H2,1-2H3,(H,14,16);1H3,(H,2,3,4). The number of rotatable bonds is 4. The molecule has 9 heteroatoms. The SMILES string of the molecule is CNC(=O)n1ccc2ccc(OCCOC)cc21.CS(=O)(=O)O. The first-order chi connectivity index (χ1) is 10.8. The van der Waals surface area contributed by atoms with E-state index in [1.807, 2.05) is 24.3 Å². The number of benzene rings is 1. The normalized spacial score (nSPS) is 10.8. The van der Waals surface area contributed by atoms with E-state index in [4.69, 9.17) is 14.0 Å². The highest BCUT2D eigenvalue weighted by molar-refractivity contribution is 7.85. The van der Waals surface area contributed by atoms with Crippen LogP contribution < -0.4 is 10.1 Å². The van der Waals surface area contributed by atoms with Crippen LogP contribution in [0.3, 0.4) is 0 Å². The van der Waals surface area contributed by atoms with Crippen LogP contribution in [0, 0.1) is 0 Å². The van der Waals surface area contributed by atoms with Crippen molar-refractivity contribution in [1.29, 1.82) is 0 Å². The summed E-state index contributed by atoms with van der Waals surface area (Å²) in [6.45, 7) is 1.02. The van der Waals surface area contributed by atoms with E-state index in [9.17, 15) is 13.2 Å². The van der Waals surface area contributed by atoms with Gasteiger partial charge in [-0.2, -0.15) is 8.42 Å². The van der Waals surface area contributed by atoms with Gasteiger partial charge in [-0.25, -0.2) is 4.79 Å². The molecule has 0 saturated carbocycles. The van der Waals surface area contributed by atoms with Gasteiger partial charge in [0.15, 0.2) is 0 Å². The van der Waals surface area contributed by atoms with Crippen LogP contribution in [0.5, 0.6) is 5.75 Å². The molecule has 0 bridgehead atoms. The molecular formula is C14H20N2O6S. The first-order valence-corrected chi connectivity index (χ1v) is 8.48. The highest BCUT2D eigenvalue weighted by atomic mass is 32.2. The Hall–Kier alpha value is -2.10. The second-order valence-corrected chi connectivity index (χ2v) is 6.00. The van der Waals surface area contributed by atoms with Gasteiger partial charge in [0.25, 0.3) is 10.1 Å².